The van der Waals surface area contributed by atoms with Crippen LogP contribution in [0.1, 0.15) is 12.5 Å². The lowest BCUT2D eigenvalue weighted by Gasteiger charge is -2.35. The van der Waals surface area contributed by atoms with Crippen LogP contribution in [0.5, 0.6) is 0 Å². The van der Waals surface area contributed by atoms with Crippen LogP contribution < -0.4 is 5.32 Å². The van der Waals surface area contributed by atoms with E-state index in [1.165, 1.54) is 0 Å². The van der Waals surface area contributed by atoms with E-state index in [1.807, 2.05) is 36.9 Å². The quantitative estimate of drug-likeness (QED) is 0.863. The first kappa shape index (κ1) is 16.4. The van der Waals surface area contributed by atoms with Crippen molar-refractivity contribution in [1.29, 1.82) is 0 Å². The first-order chi connectivity index (χ1) is 9.97. The second-order valence-electron chi connectivity index (χ2n) is 5.46. The average molecular weight is 357 g/mol. The van der Waals surface area contributed by atoms with Crippen molar-refractivity contribution in [3.8, 4) is 0 Å². The largest absolute Gasteiger partial charge is 0.394 e. The average Bonchev–Trinajstić information content (AvgIpc) is 2.42. The molecule has 0 aromatic heterocycles. The number of halogens is 1. The maximum atomic E-state index is 12.1. The van der Waals surface area contributed by atoms with Crippen LogP contribution in [-0.2, 0) is 9.53 Å². The van der Waals surface area contributed by atoms with E-state index >= 15 is 0 Å². The van der Waals surface area contributed by atoms with Gasteiger partial charge in [-0.3, -0.25) is 9.69 Å². The molecule has 0 radical (unpaired) electrons. The molecule has 0 bridgehead atoms. The van der Waals surface area contributed by atoms with Crippen LogP contribution in [0.3, 0.4) is 0 Å². The second-order valence-corrected chi connectivity index (χ2v) is 6.31. The molecule has 1 aliphatic heterocycles. The number of anilines is 1. The number of hydrogen-bond donors (Lipinski definition) is 2. The van der Waals surface area contributed by atoms with E-state index < -0.39 is 0 Å². The molecule has 0 spiro atoms. The number of amides is 1. The molecule has 0 saturated carbocycles. The Balaban J connectivity index is 1.90. The van der Waals surface area contributed by atoms with Gasteiger partial charge in [0.1, 0.15) is 0 Å². The van der Waals surface area contributed by atoms with Crippen molar-refractivity contribution >= 4 is 27.5 Å². The predicted octanol–water partition coefficient (Wildman–Crippen LogP) is 1.78. The van der Waals surface area contributed by atoms with E-state index in [2.05, 4.69) is 21.2 Å². The Morgan fingerprint density at radius 1 is 1.52 bits per heavy atom. The van der Waals surface area contributed by atoms with Gasteiger partial charge in [0.25, 0.3) is 0 Å². The molecular formula is C15H21BrN2O3. The summed E-state index contributed by atoms with van der Waals surface area (Å²) in [5.74, 6) is -0.0532. The van der Waals surface area contributed by atoms with Crippen LogP contribution in [0.4, 0.5) is 5.69 Å². The summed E-state index contributed by atoms with van der Waals surface area (Å²) in [5, 5.41) is 12.1. The summed E-state index contributed by atoms with van der Waals surface area (Å²) in [6, 6.07) is 5.72. The molecule has 1 saturated heterocycles. The van der Waals surface area contributed by atoms with Gasteiger partial charge >= 0.3 is 0 Å². The molecule has 2 atom stereocenters. The van der Waals surface area contributed by atoms with Crippen molar-refractivity contribution in [2.75, 3.05) is 31.6 Å². The van der Waals surface area contributed by atoms with Gasteiger partial charge < -0.3 is 15.2 Å². The maximum Gasteiger partial charge on any atom is 0.238 e. The summed E-state index contributed by atoms with van der Waals surface area (Å²) in [5.41, 5.74) is 1.87. The van der Waals surface area contributed by atoms with Crippen LogP contribution in [0.25, 0.3) is 0 Å². The molecule has 2 unspecified atom stereocenters. The molecule has 21 heavy (non-hydrogen) atoms. The molecule has 5 nitrogen and oxygen atoms in total. The number of benzene rings is 1. The number of hydrogen-bond acceptors (Lipinski definition) is 4. The third-order valence-electron chi connectivity index (χ3n) is 3.41. The molecule has 1 aliphatic rings. The fourth-order valence-electron chi connectivity index (χ4n) is 2.50. The van der Waals surface area contributed by atoms with Gasteiger partial charge in [-0.05, 0) is 37.6 Å². The molecule has 1 aromatic rings. The Hall–Kier alpha value is -0.950. The van der Waals surface area contributed by atoms with Crippen LogP contribution in [-0.4, -0.2) is 54.4 Å². The molecular weight excluding hydrogens is 336 g/mol. The van der Waals surface area contributed by atoms with Crippen LogP contribution in [0.15, 0.2) is 22.7 Å². The van der Waals surface area contributed by atoms with E-state index in [-0.39, 0.29) is 24.7 Å². The van der Waals surface area contributed by atoms with Crippen LogP contribution in [0, 0.1) is 6.92 Å². The van der Waals surface area contributed by atoms with E-state index in [0.29, 0.717) is 19.6 Å². The van der Waals surface area contributed by atoms with Gasteiger partial charge in [0.15, 0.2) is 0 Å². The molecule has 116 valence electrons. The van der Waals surface area contributed by atoms with Crippen molar-refractivity contribution in [2.24, 2.45) is 0 Å². The number of nitrogens with one attached hydrogen (secondary N) is 1. The number of aryl methyl sites for hydroxylation is 1. The number of rotatable bonds is 4. The SMILES string of the molecule is Cc1cc(NC(=O)CN2CC(C)OC(CO)C2)ccc1Br. The molecule has 1 fully saturated rings. The lowest BCUT2D eigenvalue weighted by Crippen LogP contribution is -2.50. The molecule has 2 rings (SSSR count). The predicted molar refractivity (Wildman–Crippen MR) is 85.4 cm³/mol. The van der Waals surface area contributed by atoms with Crippen LogP contribution in [0.2, 0.25) is 0 Å². The normalized spacial score (nSPS) is 23.0. The van der Waals surface area contributed by atoms with Crippen molar-refractivity contribution in [1.82, 2.24) is 4.90 Å². The first-order valence-electron chi connectivity index (χ1n) is 7.02. The summed E-state index contributed by atoms with van der Waals surface area (Å²) in [7, 11) is 0. The van der Waals surface area contributed by atoms with Gasteiger partial charge in [0.2, 0.25) is 5.91 Å². The van der Waals surface area contributed by atoms with Gasteiger partial charge in [0, 0.05) is 23.2 Å². The fourth-order valence-corrected chi connectivity index (χ4v) is 2.74. The number of carbonyl (C=O) groups is 1. The summed E-state index contributed by atoms with van der Waals surface area (Å²) in [6.07, 6.45) is -0.185. The second kappa shape index (κ2) is 7.35. The fraction of sp³-hybridized carbons (Fsp3) is 0.533. The van der Waals surface area contributed by atoms with Gasteiger partial charge in [-0.2, -0.15) is 0 Å². The topological polar surface area (TPSA) is 61.8 Å². The van der Waals surface area contributed by atoms with Crippen LogP contribution >= 0.6 is 15.9 Å². The van der Waals surface area contributed by atoms with Gasteiger partial charge in [-0.15, -0.1) is 0 Å². The first-order valence-corrected chi connectivity index (χ1v) is 7.82. The zero-order valence-electron chi connectivity index (χ0n) is 12.3. The lowest BCUT2D eigenvalue weighted by atomic mass is 10.2. The summed E-state index contributed by atoms with van der Waals surface area (Å²) >= 11 is 3.44. The molecule has 1 aromatic carbocycles. The highest BCUT2D eigenvalue weighted by Crippen LogP contribution is 2.20. The Morgan fingerprint density at radius 2 is 2.29 bits per heavy atom. The van der Waals surface area contributed by atoms with Gasteiger partial charge in [-0.25, -0.2) is 0 Å². The summed E-state index contributed by atoms with van der Waals surface area (Å²) in [4.78, 5) is 14.1. The van der Waals surface area contributed by atoms with E-state index in [0.717, 1.165) is 15.7 Å². The number of aliphatic hydroxyl groups excluding tert-OH is 1. The standard InChI is InChI=1S/C15H21BrN2O3/c1-10-5-12(3-4-14(10)16)17-15(20)8-18-6-11(2)21-13(7-18)9-19/h3-5,11,13,19H,6-9H2,1-2H3,(H,17,20). The summed E-state index contributed by atoms with van der Waals surface area (Å²) < 4.78 is 6.59. The minimum Gasteiger partial charge on any atom is -0.394 e. The monoisotopic (exact) mass is 356 g/mol. The Kier molecular flexibility index (Phi) is 5.75. The molecule has 1 heterocycles. The number of aliphatic hydroxyl groups is 1. The minimum atomic E-state index is -0.212. The maximum absolute atomic E-state index is 12.1. The Bertz CT molecular complexity index is 510. The molecule has 0 aliphatic carbocycles. The number of carbonyl (C=O) groups excluding carboxylic acids is 1. The zero-order chi connectivity index (χ0) is 15.4. The highest BCUT2D eigenvalue weighted by atomic mass is 79.9. The number of nitrogens with zero attached hydrogens (tertiary/aromatic N) is 1. The van der Waals surface area contributed by atoms with Crippen molar-refractivity contribution in [3.05, 3.63) is 28.2 Å². The highest BCUT2D eigenvalue weighted by molar-refractivity contribution is 9.10. The van der Waals surface area contributed by atoms with Crippen molar-refractivity contribution in [3.63, 3.8) is 0 Å². The lowest BCUT2D eigenvalue weighted by molar-refractivity contribution is -0.124. The summed E-state index contributed by atoms with van der Waals surface area (Å²) in [6.45, 7) is 5.49. The third-order valence-corrected chi connectivity index (χ3v) is 4.30. The molecule has 2 N–H and O–H groups in total. The van der Waals surface area contributed by atoms with Crippen molar-refractivity contribution in [2.45, 2.75) is 26.1 Å². The van der Waals surface area contributed by atoms with E-state index in [1.54, 1.807) is 0 Å². The number of morpholine rings is 1. The Labute approximate surface area is 133 Å². The highest BCUT2D eigenvalue weighted by Gasteiger charge is 2.25. The van der Waals surface area contributed by atoms with Gasteiger partial charge in [0.05, 0.1) is 25.4 Å². The molecule has 6 heteroatoms. The minimum absolute atomic E-state index is 0.0195. The third kappa shape index (κ3) is 4.78. The Morgan fingerprint density at radius 3 is 2.95 bits per heavy atom. The van der Waals surface area contributed by atoms with Gasteiger partial charge in [-0.1, -0.05) is 15.9 Å². The molecule has 1 amide bonds. The number of ether oxygens (including phenoxy) is 1. The van der Waals surface area contributed by atoms with E-state index in [4.69, 9.17) is 4.74 Å². The van der Waals surface area contributed by atoms with E-state index in [9.17, 15) is 9.90 Å². The smallest absolute Gasteiger partial charge is 0.238 e. The van der Waals surface area contributed by atoms with Crippen molar-refractivity contribution < 1.29 is 14.6 Å². The zero-order valence-corrected chi connectivity index (χ0v) is 13.9.